The van der Waals surface area contributed by atoms with Gasteiger partial charge >= 0.3 is 0 Å². The maximum atomic E-state index is 12.2. The van der Waals surface area contributed by atoms with Crippen molar-refractivity contribution in [3.05, 3.63) is 29.8 Å². The van der Waals surface area contributed by atoms with Crippen LogP contribution in [0.4, 0.5) is 0 Å². The Kier molecular flexibility index (Phi) is 5.06. The second-order valence-electron chi connectivity index (χ2n) is 6.52. The molecule has 25 heavy (non-hydrogen) atoms. The van der Waals surface area contributed by atoms with E-state index in [9.17, 15) is 9.59 Å². The van der Waals surface area contributed by atoms with Gasteiger partial charge in [-0.05, 0) is 36.1 Å². The lowest BCUT2D eigenvalue weighted by Gasteiger charge is -2.29. The third kappa shape index (κ3) is 4.20. The summed E-state index contributed by atoms with van der Waals surface area (Å²) in [6, 6.07) is 6.84. The standard InChI is InChI=1S/C17H22N6O2/c1-11-4-2-3-5-14(11)19-15(24)10-23-21-17(20-22-23)13-8-6-12(7-9-13)16(18)25/h6-9,11,14H,2-5,10H2,1H3,(H2,18,25)(H,19,24)/t11-,14-/m0/s1. The van der Waals surface area contributed by atoms with Crippen LogP contribution < -0.4 is 11.1 Å². The molecule has 2 amide bonds. The van der Waals surface area contributed by atoms with Gasteiger partial charge in [-0.1, -0.05) is 31.9 Å². The molecule has 0 bridgehead atoms. The van der Waals surface area contributed by atoms with Crippen LogP contribution in [0.1, 0.15) is 43.0 Å². The third-order valence-electron chi connectivity index (χ3n) is 4.62. The Labute approximate surface area is 145 Å². The maximum absolute atomic E-state index is 12.2. The molecule has 8 heteroatoms. The van der Waals surface area contributed by atoms with E-state index in [4.69, 9.17) is 5.73 Å². The number of rotatable bonds is 5. The van der Waals surface area contributed by atoms with Gasteiger partial charge in [0.05, 0.1) is 0 Å². The molecule has 1 aliphatic rings. The Morgan fingerprint density at radius 3 is 2.64 bits per heavy atom. The number of amides is 2. The summed E-state index contributed by atoms with van der Waals surface area (Å²) >= 11 is 0. The molecule has 0 radical (unpaired) electrons. The number of nitrogens with one attached hydrogen (secondary N) is 1. The quantitative estimate of drug-likeness (QED) is 0.845. The highest BCUT2D eigenvalue weighted by Gasteiger charge is 2.23. The van der Waals surface area contributed by atoms with Crippen molar-refractivity contribution >= 4 is 11.8 Å². The Bertz CT molecular complexity index is 755. The van der Waals surface area contributed by atoms with Crippen LogP contribution in [0.15, 0.2) is 24.3 Å². The first-order chi connectivity index (χ1) is 12.0. The van der Waals surface area contributed by atoms with E-state index in [0.29, 0.717) is 22.9 Å². The van der Waals surface area contributed by atoms with E-state index in [2.05, 4.69) is 27.7 Å². The van der Waals surface area contributed by atoms with Crippen LogP contribution in [0.2, 0.25) is 0 Å². The number of primary amides is 1. The van der Waals surface area contributed by atoms with Crippen molar-refractivity contribution in [3.63, 3.8) is 0 Å². The van der Waals surface area contributed by atoms with Crippen molar-refractivity contribution in [2.75, 3.05) is 0 Å². The van der Waals surface area contributed by atoms with E-state index in [1.54, 1.807) is 24.3 Å². The zero-order valence-corrected chi connectivity index (χ0v) is 14.2. The fourth-order valence-corrected chi connectivity index (χ4v) is 3.12. The zero-order valence-electron chi connectivity index (χ0n) is 14.2. The summed E-state index contributed by atoms with van der Waals surface area (Å²) in [4.78, 5) is 24.6. The number of nitrogens with two attached hydrogens (primary N) is 1. The average Bonchev–Trinajstić information content (AvgIpc) is 3.05. The first-order valence-corrected chi connectivity index (χ1v) is 8.50. The number of carbonyl (C=O) groups is 2. The van der Waals surface area contributed by atoms with Crippen molar-refractivity contribution in [3.8, 4) is 11.4 Å². The van der Waals surface area contributed by atoms with Crippen molar-refractivity contribution < 1.29 is 9.59 Å². The largest absolute Gasteiger partial charge is 0.366 e. The number of hydrogen-bond donors (Lipinski definition) is 2. The molecule has 8 nitrogen and oxygen atoms in total. The molecule has 3 rings (SSSR count). The normalized spacial score (nSPS) is 20.2. The number of carbonyl (C=O) groups excluding carboxylic acids is 2. The van der Waals surface area contributed by atoms with Crippen molar-refractivity contribution in [2.45, 2.75) is 45.2 Å². The highest BCUT2D eigenvalue weighted by molar-refractivity contribution is 5.93. The van der Waals surface area contributed by atoms with Gasteiger partial charge in [-0.15, -0.1) is 10.2 Å². The summed E-state index contributed by atoms with van der Waals surface area (Å²) in [5.41, 5.74) is 6.34. The Morgan fingerprint density at radius 1 is 1.24 bits per heavy atom. The average molecular weight is 342 g/mol. The summed E-state index contributed by atoms with van der Waals surface area (Å²) < 4.78 is 0. The number of hydrogen-bond acceptors (Lipinski definition) is 5. The fourth-order valence-electron chi connectivity index (χ4n) is 3.12. The van der Waals surface area contributed by atoms with Crippen LogP contribution in [0, 0.1) is 5.92 Å². The van der Waals surface area contributed by atoms with Gasteiger partial charge in [-0.2, -0.15) is 4.80 Å². The molecule has 2 atom stereocenters. The Balaban J connectivity index is 1.61. The van der Waals surface area contributed by atoms with Gasteiger partial charge in [0, 0.05) is 17.2 Å². The summed E-state index contributed by atoms with van der Waals surface area (Å²) in [5.74, 6) is 0.305. The molecule has 1 saturated carbocycles. The van der Waals surface area contributed by atoms with Crippen molar-refractivity contribution in [1.29, 1.82) is 0 Å². The third-order valence-corrected chi connectivity index (χ3v) is 4.62. The molecule has 0 unspecified atom stereocenters. The number of benzene rings is 1. The van der Waals surface area contributed by atoms with E-state index in [1.807, 2.05) is 0 Å². The molecule has 1 aromatic heterocycles. The van der Waals surface area contributed by atoms with Gasteiger partial charge < -0.3 is 11.1 Å². The molecule has 2 aromatic rings. The zero-order chi connectivity index (χ0) is 17.8. The number of aromatic nitrogens is 4. The van der Waals surface area contributed by atoms with Crippen molar-refractivity contribution in [2.24, 2.45) is 11.7 Å². The number of nitrogens with zero attached hydrogens (tertiary/aromatic N) is 4. The highest BCUT2D eigenvalue weighted by atomic mass is 16.2. The fraction of sp³-hybridized carbons (Fsp3) is 0.471. The van der Waals surface area contributed by atoms with E-state index in [1.165, 1.54) is 11.2 Å². The molecule has 0 saturated heterocycles. The SMILES string of the molecule is C[C@H]1CCCC[C@@H]1NC(=O)Cn1nnc(-c2ccc(C(N)=O)cc2)n1. The van der Waals surface area contributed by atoms with E-state index < -0.39 is 5.91 Å². The second-order valence-corrected chi connectivity index (χ2v) is 6.52. The Hall–Kier alpha value is -2.77. The summed E-state index contributed by atoms with van der Waals surface area (Å²) in [6.45, 7) is 2.21. The molecule has 1 aromatic carbocycles. The Morgan fingerprint density at radius 2 is 1.96 bits per heavy atom. The maximum Gasteiger partial charge on any atom is 0.248 e. The van der Waals surface area contributed by atoms with Crippen LogP contribution in [-0.4, -0.2) is 38.1 Å². The minimum absolute atomic E-state index is 0.0373. The van der Waals surface area contributed by atoms with Crippen LogP contribution in [-0.2, 0) is 11.3 Å². The monoisotopic (exact) mass is 342 g/mol. The van der Waals surface area contributed by atoms with E-state index in [0.717, 1.165) is 19.3 Å². The number of tetrazole rings is 1. The first kappa shape index (κ1) is 17.1. The molecule has 1 heterocycles. The second kappa shape index (κ2) is 7.42. The van der Waals surface area contributed by atoms with Gasteiger partial charge in [-0.25, -0.2) is 0 Å². The van der Waals surface area contributed by atoms with Gasteiger partial charge in [0.25, 0.3) is 0 Å². The smallest absolute Gasteiger partial charge is 0.248 e. The lowest BCUT2D eigenvalue weighted by Crippen LogP contribution is -2.42. The topological polar surface area (TPSA) is 116 Å². The van der Waals surface area contributed by atoms with E-state index >= 15 is 0 Å². The van der Waals surface area contributed by atoms with Crippen LogP contribution in [0.25, 0.3) is 11.4 Å². The molecule has 1 fully saturated rings. The van der Waals surface area contributed by atoms with Crippen molar-refractivity contribution in [1.82, 2.24) is 25.5 Å². The van der Waals surface area contributed by atoms with Crippen LogP contribution in [0.5, 0.6) is 0 Å². The molecule has 1 aliphatic carbocycles. The first-order valence-electron chi connectivity index (χ1n) is 8.50. The predicted octanol–water partition coefficient (Wildman–Crippen LogP) is 1.13. The van der Waals surface area contributed by atoms with Gasteiger partial charge in [0.2, 0.25) is 17.6 Å². The van der Waals surface area contributed by atoms with Gasteiger partial charge in [0.15, 0.2) is 0 Å². The van der Waals surface area contributed by atoms with E-state index in [-0.39, 0.29) is 18.5 Å². The van der Waals surface area contributed by atoms with Crippen LogP contribution >= 0.6 is 0 Å². The molecule has 132 valence electrons. The predicted molar refractivity (Wildman–Crippen MR) is 91.3 cm³/mol. The molecule has 0 aliphatic heterocycles. The summed E-state index contributed by atoms with van der Waals surface area (Å²) in [7, 11) is 0. The summed E-state index contributed by atoms with van der Waals surface area (Å²) in [6.07, 6.45) is 4.56. The molecule has 3 N–H and O–H groups in total. The minimum atomic E-state index is -0.489. The molecule has 0 spiro atoms. The summed E-state index contributed by atoms with van der Waals surface area (Å²) in [5, 5.41) is 15.2. The minimum Gasteiger partial charge on any atom is -0.366 e. The molecular formula is C17H22N6O2. The van der Waals surface area contributed by atoms with Gasteiger partial charge in [0.1, 0.15) is 6.54 Å². The van der Waals surface area contributed by atoms with Gasteiger partial charge in [-0.3, -0.25) is 9.59 Å². The van der Waals surface area contributed by atoms with Crippen LogP contribution in [0.3, 0.4) is 0 Å². The lowest BCUT2D eigenvalue weighted by atomic mass is 9.86. The molecular weight excluding hydrogens is 320 g/mol. The highest BCUT2D eigenvalue weighted by Crippen LogP contribution is 2.23. The lowest BCUT2D eigenvalue weighted by molar-refractivity contribution is -0.123.